The van der Waals surface area contributed by atoms with Crippen LogP contribution in [0.1, 0.15) is 43.7 Å². The third-order valence-electron chi connectivity index (χ3n) is 6.49. The van der Waals surface area contributed by atoms with Crippen LogP contribution in [0.25, 0.3) is 0 Å². The zero-order valence-corrected chi connectivity index (χ0v) is 20.3. The van der Waals surface area contributed by atoms with Gasteiger partial charge in [-0.2, -0.15) is 4.31 Å². The van der Waals surface area contributed by atoms with Gasteiger partial charge in [0.2, 0.25) is 21.8 Å². The largest absolute Gasteiger partial charge is 0.339 e. The Kier molecular flexibility index (Phi) is 8.30. The molecule has 2 amide bonds. The number of carbonyl (C=O) groups excluding carboxylic acids is 2. The lowest BCUT2D eigenvalue weighted by Crippen LogP contribution is -2.57. The fraction of sp³-hybridized carbons (Fsp3) is 0.652. The van der Waals surface area contributed by atoms with Crippen molar-refractivity contribution in [1.29, 1.82) is 0 Å². The Morgan fingerprint density at radius 2 is 1.78 bits per heavy atom. The van der Waals surface area contributed by atoms with Gasteiger partial charge in [-0.1, -0.05) is 25.5 Å². The summed E-state index contributed by atoms with van der Waals surface area (Å²) >= 11 is 0. The molecule has 9 heteroatoms. The fourth-order valence-corrected chi connectivity index (χ4v) is 6.22. The summed E-state index contributed by atoms with van der Waals surface area (Å²) in [4.78, 5) is 29.5. The van der Waals surface area contributed by atoms with Crippen LogP contribution >= 0.6 is 0 Å². The number of sulfonamides is 1. The molecule has 2 saturated heterocycles. The fourth-order valence-electron chi connectivity index (χ4n) is 4.48. The number of piperidine rings is 1. The molecule has 1 aromatic carbocycles. The van der Waals surface area contributed by atoms with E-state index in [0.717, 1.165) is 29.7 Å². The van der Waals surface area contributed by atoms with Gasteiger partial charge in [-0.15, -0.1) is 0 Å². The number of rotatable bonds is 7. The van der Waals surface area contributed by atoms with Crippen molar-refractivity contribution in [3.63, 3.8) is 0 Å². The highest BCUT2D eigenvalue weighted by molar-refractivity contribution is 7.89. The number of carbonyl (C=O) groups is 2. The van der Waals surface area contributed by atoms with Gasteiger partial charge in [-0.05, 0) is 50.3 Å². The monoisotopic (exact) mass is 464 g/mol. The molecule has 1 atom stereocenters. The van der Waals surface area contributed by atoms with E-state index in [-0.39, 0.29) is 24.1 Å². The van der Waals surface area contributed by atoms with Crippen molar-refractivity contribution in [2.24, 2.45) is 0 Å². The highest BCUT2D eigenvalue weighted by Gasteiger charge is 2.38. The molecule has 3 rings (SSSR count). The maximum absolute atomic E-state index is 13.2. The van der Waals surface area contributed by atoms with Crippen molar-refractivity contribution >= 4 is 27.5 Å². The maximum atomic E-state index is 13.2. The van der Waals surface area contributed by atoms with Gasteiger partial charge >= 0.3 is 0 Å². The molecule has 1 N–H and O–H groups in total. The molecule has 2 fully saturated rings. The van der Waals surface area contributed by atoms with Crippen molar-refractivity contribution < 1.29 is 18.0 Å². The summed E-state index contributed by atoms with van der Waals surface area (Å²) in [5, 5.41) is 2.98. The Balaban J connectivity index is 1.53. The molecule has 0 spiro atoms. The molecule has 0 radical (unpaired) electrons. The molecular weight excluding hydrogens is 428 g/mol. The van der Waals surface area contributed by atoms with E-state index in [1.165, 1.54) is 4.31 Å². The van der Waals surface area contributed by atoms with Gasteiger partial charge in [0.25, 0.3) is 0 Å². The normalized spacial score (nSPS) is 20.8. The Hall–Kier alpha value is -1.97. The molecule has 0 bridgehead atoms. The molecule has 2 heterocycles. The van der Waals surface area contributed by atoms with E-state index in [4.69, 9.17) is 0 Å². The molecular formula is C23H36N4O4S. The van der Waals surface area contributed by atoms with Crippen molar-refractivity contribution in [2.45, 2.75) is 52.5 Å². The van der Waals surface area contributed by atoms with Crippen LogP contribution in [-0.4, -0.2) is 85.4 Å². The summed E-state index contributed by atoms with van der Waals surface area (Å²) in [6.07, 6.45) is 2.80. The number of nitrogens with zero attached hydrogens (tertiary/aromatic N) is 3. The molecule has 0 aromatic heterocycles. The molecule has 1 aromatic rings. The van der Waals surface area contributed by atoms with Crippen LogP contribution < -0.4 is 5.32 Å². The number of anilines is 1. The van der Waals surface area contributed by atoms with E-state index in [1.54, 1.807) is 4.90 Å². The van der Waals surface area contributed by atoms with E-state index in [2.05, 4.69) is 5.32 Å². The van der Waals surface area contributed by atoms with Crippen LogP contribution in [0.15, 0.2) is 18.2 Å². The zero-order chi connectivity index (χ0) is 23.3. The molecule has 2 aliphatic heterocycles. The lowest BCUT2D eigenvalue weighted by molar-refractivity contribution is -0.138. The second kappa shape index (κ2) is 10.8. The highest BCUT2D eigenvalue weighted by atomic mass is 32.2. The van der Waals surface area contributed by atoms with Gasteiger partial charge in [0.15, 0.2) is 0 Å². The minimum absolute atomic E-state index is 0.0670. The predicted octanol–water partition coefficient (Wildman–Crippen LogP) is 1.98. The Labute approximate surface area is 192 Å². The van der Waals surface area contributed by atoms with Crippen molar-refractivity contribution in [3.8, 4) is 0 Å². The first-order chi connectivity index (χ1) is 15.2. The summed E-state index contributed by atoms with van der Waals surface area (Å²) in [6.45, 7) is 8.76. The van der Waals surface area contributed by atoms with Gasteiger partial charge < -0.3 is 10.2 Å². The highest BCUT2D eigenvalue weighted by Crippen LogP contribution is 2.24. The first kappa shape index (κ1) is 24.7. The topological polar surface area (TPSA) is 90.0 Å². The van der Waals surface area contributed by atoms with E-state index in [0.29, 0.717) is 45.6 Å². The van der Waals surface area contributed by atoms with E-state index in [9.17, 15) is 18.0 Å². The average molecular weight is 465 g/mol. The van der Waals surface area contributed by atoms with Gasteiger partial charge in [0.05, 0.1) is 12.3 Å². The molecule has 1 unspecified atom stereocenters. The third-order valence-corrected chi connectivity index (χ3v) is 8.56. The van der Waals surface area contributed by atoms with Crippen molar-refractivity contribution in [3.05, 3.63) is 29.3 Å². The van der Waals surface area contributed by atoms with Crippen molar-refractivity contribution in [1.82, 2.24) is 14.1 Å². The number of hydrogen-bond donors (Lipinski definition) is 1. The Morgan fingerprint density at radius 1 is 1.06 bits per heavy atom. The van der Waals surface area contributed by atoms with Crippen LogP contribution in [0.2, 0.25) is 0 Å². The predicted molar refractivity (Wildman–Crippen MR) is 126 cm³/mol. The molecule has 2 aliphatic rings. The average Bonchev–Trinajstić information content (AvgIpc) is 2.77. The molecule has 8 nitrogen and oxygen atoms in total. The molecule has 178 valence electrons. The lowest BCUT2D eigenvalue weighted by Gasteiger charge is -2.40. The summed E-state index contributed by atoms with van der Waals surface area (Å²) in [5.41, 5.74) is 3.02. The summed E-state index contributed by atoms with van der Waals surface area (Å²) in [5.74, 6) is -0.0773. The Bertz CT molecular complexity index is 926. The van der Waals surface area contributed by atoms with Gasteiger partial charge in [0, 0.05) is 38.4 Å². The summed E-state index contributed by atoms with van der Waals surface area (Å²) < 4.78 is 26.7. The quantitative estimate of drug-likeness (QED) is 0.666. The number of benzene rings is 1. The minimum Gasteiger partial charge on any atom is -0.339 e. The maximum Gasteiger partial charge on any atom is 0.241 e. The first-order valence-electron chi connectivity index (χ1n) is 11.6. The minimum atomic E-state index is -3.41. The van der Waals surface area contributed by atoms with Crippen molar-refractivity contribution in [2.75, 3.05) is 50.3 Å². The van der Waals surface area contributed by atoms with Crippen LogP contribution in [0.4, 0.5) is 5.69 Å². The zero-order valence-electron chi connectivity index (χ0n) is 19.5. The smallest absolute Gasteiger partial charge is 0.241 e. The standard InChI is InChI=1S/C23H36N4O4S/c1-4-16-32(30,31)27-11-6-5-10-21(27)23(29)26-14-12-25(13-15-26)17-22(28)24-20-9-7-8-18(2)19(20)3/h7-9,21H,4-6,10-17H2,1-3H3,(H,24,28). The van der Waals surface area contributed by atoms with Crippen LogP contribution in [0.5, 0.6) is 0 Å². The van der Waals surface area contributed by atoms with Crippen LogP contribution in [0.3, 0.4) is 0 Å². The lowest BCUT2D eigenvalue weighted by atomic mass is 10.0. The number of nitrogens with one attached hydrogen (secondary N) is 1. The number of piperazine rings is 1. The number of aryl methyl sites for hydroxylation is 1. The molecule has 0 saturated carbocycles. The molecule has 32 heavy (non-hydrogen) atoms. The number of amides is 2. The van der Waals surface area contributed by atoms with Gasteiger partial charge in [-0.3, -0.25) is 14.5 Å². The van der Waals surface area contributed by atoms with Gasteiger partial charge in [-0.25, -0.2) is 8.42 Å². The van der Waals surface area contributed by atoms with E-state index in [1.807, 2.05) is 43.9 Å². The van der Waals surface area contributed by atoms with Crippen LogP contribution in [0, 0.1) is 13.8 Å². The second-order valence-electron chi connectivity index (χ2n) is 8.84. The van der Waals surface area contributed by atoms with Gasteiger partial charge in [0.1, 0.15) is 6.04 Å². The third kappa shape index (κ3) is 5.88. The summed E-state index contributed by atoms with van der Waals surface area (Å²) in [7, 11) is -3.41. The van der Waals surface area contributed by atoms with E-state index >= 15 is 0 Å². The first-order valence-corrected chi connectivity index (χ1v) is 13.2. The SMILES string of the molecule is CCCS(=O)(=O)N1CCCCC1C(=O)N1CCN(CC(=O)Nc2cccc(C)c2C)CC1. The molecule has 0 aliphatic carbocycles. The Morgan fingerprint density at radius 3 is 2.47 bits per heavy atom. The van der Waals surface area contributed by atoms with E-state index < -0.39 is 16.1 Å². The summed E-state index contributed by atoms with van der Waals surface area (Å²) in [6, 6.07) is 5.26. The number of hydrogen-bond acceptors (Lipinski definition) is 5. The van der Waals surface area contributed by atoms with Crippen LogP contribution in [-0.2, 0) is 19.6 Å². The second-order valence-corrected chi connectivity index (χ2v) is 10.9.